The Morgan fingerprint density at radius 2 is 1.00 bits per heavy atom. The number of allylic oxidation sites excluding steroid dienone is 1. The average molecular weight is 340 g/mol. The molecule has 2 heteroatoms. The van der Waals surface area contributed by atoms with Crippen molar-refractivity contribution in [2.45, 2.75) is 123 Å². The third-order valence-electron chi connectivity index (χ3n) is 4.81. The molecule has 0 radical (unpaired) electrons. The maximum atomic E-state index is 9.29. The first-order valence-electron chi connectivity index (χ1n) is 10.9. The average Bonchev–Trinajstić information content (AvgIpc) is 2.60. The van der Waals surface area contributed by atoms with Gasteiger partial charge in [0.1, 0.15) is 5.76 Å². The van der Waals surface area contributed by atoms with E-state index >= 15 is 0 Å². The summed E-state index contributed by atoms with van der Waals surface area (Å²) in [5.74, 6) is 0.450. The molecule has 0 aliphatic carbocycles. The molecule has 0 unspecified atom stereocenters. The van der Waals surface area contributed by atoms with Crippen molar-refractivity contribution in [2.24, 2.45) is 0 Å². The van der Waals surface area contributed by atoms with Gasteiger partial charge in [-0.2, -0.15) is 0 Å². The molecule has 2 nitrogen and oxygen atoms in total. The van der Waals surface area contributed by atoms with Crippen molar-refractivity contribution in [1.29, 1.82) is 0 Å². The van der Waals surface area contributed by atoms with Crippen LogP contribution in [0.15, 0.2) is 12.0 Å². The van der Waals surface area contributed by atoms with E-state index in [0.29, 0.717) is 12.2 Å². The molecule has 0 spiro atoms. The number of aliphatic hydroxyl groups is 1. The van der Waals surface area contributed by atoms with E-state index in [1.165, 1.54) is 103 Å². The van der Waals surface area contributed by atoms with Crippen LogP contribution in [-0.2, 0) is 0 Å². The summed E-state index contributed by atoms with van der Waals surface area (Å²) in [6, 6.07) is 0. The molecule has 0 bridgehead atoms. The molecule has 0 saturated heterocycles. The van der Waals surface area contributed by atoms with Crippen molar-refractivity contribution in [3.05, 3.63) is 12.0 Å². The van der Waals surface area contributed by atoms with Gasteiger partial charge in [-0.1, -0.05) is 110 Å². The van der Waals surface area contributed by atoms with Gasteiger partial charge in [0, 0.05) is 19.2 Å². The predicted molar refractivity (Wildman–Crippen MR) is 109 cm³/mol. The van der Waals surface area contributed by atoms with Gasteiger partial charge in [-0.15, -0.1) is 0 Å². The summed E-state index contributed by atoms with van der Waals surface area (Å²) in [6.07, 6.45) is 25.0. The lowest BCUT2D eigenvalue weighted by Crippen LogP contribution is -2.07. The van der Waals surface area contributed by atoms with E-state index in [4.69, 9.17) is 0 Å². The molecule has 0 amide bonds. The zero-order valence-electron chi connectivity index (χ0n) is 16.8. The van der Waals surface area contributed by atoms with Gasteiger partial charge in [0.15, 0.2) is 0 Å². The molecule has 0 aromatic carbocycles. The number of aliphatic hydroxyl groups excluding tert-OH is 1. The van der Waals surface area contributed by atoms with Gasteiger partial charge in [0.2, 0.25) is 0 Å². The minimum absolute atomic E-state index is 0.450. The molecule has 0 saturated carbocycles. The molecule has 0 aromatic rings. The van der Waals surface area contributed by atoms with Crippen LogP contribution in [0.2, 0.25) is 0 Å². The minimum Gasteiger partial charge on any atom is -0.511 e. The summed E-state index contributed by atoms with van der Waals surface area (Å²) in [5, 5.41) is 12.5. The third kappa shape index (κ3) is 19.4. The Balaban J connectivity index is 3.03. The quantitative estimate of drug-likeness (QED) is 0.187. The molecule has 2 N–H and O–H groups in total. The summed E-state index contributed by atoms with van der Waals surface area (Å²) in [7, 11) is 0. The Labute approximate surface area is 152 Å². The van der Waals surface area contributed by atoms with Crippen LogP contribution in [0, 0.1) is 0 Å². The van der Waals surface area contributed by atoms with Crippen LogP contribution in [0.4, 0.5) is 0 Å². The fraction of sp³-hybridized carbons (Fsp3) is 0.909. The number of rotatable bonds is 19. The van der Waals surface area contributed by atoms with E-state index < -0.39 is 0 Å². The van der Waals surface area contributed by atoms with E-state index in [9.17, 15) is 5.11 Å². The second-order valence-electron chi connectivity index (χ2n) is 7.25. The maximum absolute atomic E-state index is 9.29. The highest BCUT2D eigenvalue weighted by atomic mass is 16.3. The normalized spacial score (nSPS) is 11.8. The summed E-state index contributed by atoms with van der Waals surface area (Å²) in [5.41, 5.74) is 0. The smallest absolute Gasteiger partial charge is 0.108 e. The monoisotopic (exact) mass is 339 g/mol. The molecule has 0 atom stereocenters. The van der Waals surface area contributed by atoms with Crippen LogP contribution in [-0.4, -0.2) is 11.7 Å². The Hall–Kier alpha value is -0.660. The fourth-order valence-electron chi connectivity index (χ4n) is 3.07. The number of hydrogen-bond donors (Lipinski definition) is 2. The fourth-order valence-corrected chi connectivity index (χ4v) is 3.07. The Bertz CT molecular complexity index is 263. The zero-order valence-corrected chi connectivity index (χ0v) is 16.8. The first-order chi connectivity index (χ1) is 11.8. The van der Waals surface area contributed by atoms with Gasteiger partial charge in [-0.25, -0.2) is 0 Å². The summed E-state index contributed by atoms with van der Waals surface area (Å²) in [6.45, 7) is 5.24. The Morgan fingerprint density at radius 1 is 0.625 bits per heavy atom. The van der Waals surface area contributed by atoms with Crippen LogP contribution >= 0.6 is 0 Å². The van der Waals surface area contributed by atoms with E-state index in [-0.39, 0.29) is 0 Å². The third-order valence-corrected chi connectivity index (χ3v) is 4.81. The molecule has 144 valence electrons. The van der Waals surface area contributed by atoms with E-state index in [0.717, 1.165) is 6.54 Å². The Kier molecular flexibility index (Phi) is 19.8. The van der Waals surface area contributed by atoms with Crippen LogP contribution in [0.1, 0.15) is 123 Å². The standard InChI is InChI=1S/C22H45NO/c1-3-5-6-7-8-9-10-11-12-13-14-15-16-17-18-19-20-23-21-22(24)4-2/h21,23-24H,3-20H2,1-2H3. The molecule has 24 heavy (non-hydrogen) atoms. The first kappa shape index (κ1) is 23.3. The molecule has 0 aliphatic rings. The molecular formula is C22H45NO. The summed E-state index contributed by atoms with van der Waals surface area (Å²) < 4.78 is 0. The van der Waals surface area contributed by atoms with Crippen LogP contribution < -0.4 is 5.32 Å². The van der Waals surface area contributed by atoms with Gasteiger partial charge >= 0.3 is 0 Å². The molecule has 0 aliphatic heterocycles. The lowest BCUT2D eigenvalue weighted by Gasteiger charge is -2.04. The van der Waals surface area contributed by atoms with Crippen molar-refractivity contribution in [3.8, 4) is 0 Å². The molecular weight excluding hydrogens is 294 g/mol. The minimum atomic E-state index is 0.450. The van der Waals surface area contributed by atoms with Gasteiger partial charge in [-0.05, 0) is 6.42 Å². The van der Waals surface area contributed by atoms with E-state index in [1.54, 1.807) is 6.20 Å². The lowest BCUT2D eigenvalue weighted by atomic mass is 10.0. The molecule has 0 fully saturated rings. The molecule has 0 aromatic heterocycles. The van der Waals surface area contributed by atoms with Gasteiger partial charge in [-0.3, -0.25) is 0 Å². The topological polar surface area (TPSA) is 32.3 Å². The highest BCUT2D eigenvalue weighted by Crippen LogP contribution is 2.13. The summed E-state index contributed by atoms with van der Waals surface area (Å²) >= 11 is 0. The highest BCUT2D eigenvalue weighted by Gasteiger charge is 1.94. The zero-order chi connectivity index (χ0) is 17.7. The highest BCUT2D eigenvalue weighted by molar-refractivity contribution is 4.86. The number of hydrogen-bond acceptors (Lipinski definition) is 2. The van der Waals surface area contributed by atoms with E-state index in [2.05, 4.69) is 12.2 Å². The van der Waals surface area contributed by atoms with Gasteiger partial charge in [0.25, 0.3) is 0 Å². The van der Waals surface area contributed by atoms with Crippen molar-refractivity contribution >= 4 is 0 Å². The van der Waals surface area contributed by atoms with Gasteiger partial charge < -0.3 is 10.4 Å². The van der Waals surface area contributed by atoms with Crippen molar-refractivity contribution in [2.75, 3.05) is 6.54 Å². The second-order valence-corrected chi connectivity index (χ2v) is 7.25. The summed E-state index contributed by atoms with van der Waals surface area (Å²) in [4.78, 5) is 0. The van der Waals surface area contributed by atoms with Crippen molar-refractivity contribution in [3.63, 3.8) is 0 Å². The largest absolute Gasteiger partial charge is 0.511 e. The Morgan fingerprint density at radius 3 is 1.38 bits per heavy atom. The second kappa shape index (κ2) is 20.4. The van der Waals surface area contributed by atoms with E-state index in [1.807, 2.05) is 6.92 Å². The number of unbranched alkanes of at least 4 members (excludes halogenated alkanes) is 15. The lowest BCUT2D eigenvalue weighted by molar-refractivity contribution is 0.389. The van der Waals surface area contributed by atoms with Crippen molar-refractivity contribution < 1.29 is 5.11 Å². The number of nitrogens with one attached hydrogen (secondary N) is 1. The predicted octanol–water partition coefficient (Wildman–Crippen LogP) is 7.65. The first-order valence-corrected chi connectivity index (χ1v) is 10.9. The van der Waals surface area contributed by atoms with Crippen LogP contribution in [0.5, 0.6) is 0 Å². The van der Waals surface area contributed by atoms with Crippen LogP contribution in [0.25, 0.3) is 0 Å². The molecule has 0 rings (SSSR count). The van der Waals surface area contributed by atoms with Crippen molar-refractivity contribution in [1.82, 2.24) is 5.32 Å². The van der Waals surface area contributed by atoms with Crippen LogP contribution in [0.3, 0.4) is 0 Å². The molecule has 0 heterocycles. The SMILES string of the molecule is CCCCCCCCCCCCCCCCCCNC=C(O)CC. The van der Waals surface area contributed by atoms with Gasteiger partial charge in [0.05, 0.1) is 0 Å². The maximum Gasteiger partial charge on any atom is 0.108 e.